The monoisotopic (exact) mass is 566 g/mol. The van der Waals surface area contributed by atoms with Crippen LogP contribution in [0.5, 0.6) is 0 Å². The van der Waals surface area contributed by atoms with Crippen LogP contribution < -0.4 is 0 Å². The molecule has 4 aliphatic heterocycles. The molecule has 0 bridgehead atoms. The highest BCUT2D eigenvalue weighted by molar-refractivity contribution is 4.89. The fourth-order valence-electron chi connectivity index (χ4n) is 5.90. The molecule has 0 aromatic carbocycles. The minimum absolute atomic E-state index is 0.134. The standard InChI is InChI=1S/C26H46O13/c1-11-23(30)15(27)7-20(34-11)38-26-14(4)36-22(10-18(26)32-6)37-24-12(2)35-21(8-16(24)28)39-25-13(3)33-19(29)9-17(25)31-5/h11-30H,7-10H2,1-6H3/t11-,12-,13-,14-,15+,16+,17-,18-,19-,20+,21+,22+,23-,24-,25-,26-/m1/s1. The molecule has 0 aliphatic carbocycles. The molecule has 0 amide bonds. The molecule has 4 rings (SSSR count). The van der Waals surface area contributed by atoms with Crippen LogP contribution in [0.3, 0.4) is 0 Å². The van der Waals surface area contributed by atoms with Gasteiger partial charge in [-0.05, 0) is 27.7 Å². The van der Waals surface area contributed by atoms with E-state index in [9.17, 15) is 20.4 Å². The van der Waals surface area contributed by atoms with Gasteiger partial charge in [0, 0.05) is 39.9 Å². The van der Waals surface area contributed by atoms with E-state index in [1.54, 1.807) is 35.0 Å². The second kappa shape index (κ2) is 13.6. The lowest BCUT2D eigenvalue weighted by Crippen LogP contribution is -2.57. The van der Waals surface area contributed by atoms with E-state index in [0.29, 0.717) is 6.42 Å². The SMILES string of the molecule is CO[C@@H]1C[C@H](O[C@H]2[C@@H](O)C[C@H](O[C@@H]3[C@@H](C)O[C@@H](O)C[C@H]3OC)O[C@@H]2C)O[C@H](C)[C@H]1O[C@H]1C[C@H](O)[C@H](O)[C@@H](C)O1. The molecule has 0 radical (unpaired) electrons. The molecule has 4 aliphatic rings. The molecule has 4 fully saturated rings. The van der Waals surface area contributed by atoms with E-state index in [4.69, 9.17) is 42.6 Å². The highest BCUT2D eigenvalue weighted by Gasteiger charge is 2.46. The molecule has 0 spiro atoms. The predicted molar refractivity (Wildman–Crippen MR) is 132 cm³/mol. The van der Waals surface area contributed by atoms with Gasteiger partial charge in [0.05, 0.1) is 48.8 Å². The Morgan fingerprint density at radius 3 is 1.49 bits per heavy atom. The molecule has 39 heavy (non-hydrogen) atoms. The molecule has 4 N–H and O–H groups in total. The number of ether oxygens (including phenoxy) is 9. The third kappa shape index (κ3) is 7.47. The van der Waals surface area contributed by atoms with Gasteiger partial charge in [-0.2, -0.15) is 0 Å². The van der Waals surface area contributed by atoms with Crippen molar-refractivity contribution in [1.82, 2.24) is 0 Å². The normalized spacial score (nSPS) is 51.5. The average Bonchev–Trinajstić information content (AvgIpc) is 2.87. The smallest absolute Gasteiger partial charge is 0.161 e. The number of aliphatic hydroxyl groups excluding tert-OH is 4. The van der Waals surface area contributed by atoms with E-state index in [2.05, 4.69) is 0 Å². The van der Waals surface area contributed by atoms with Crippen molar-refractivity contribution < 1.29 is 63.1 Å². The van der Waals surface area contributed by atoms with Crippen LogP contribution in [0.4, 0.5) is 0 Å². The molecule has 13 nitrogen and oxygen atoms in total. The Kier molecular flexibility index (Phi) is 11.0. The first kappa shape index (κ1) is 31.4. The van der Waals surface area contributed by atoms with E-state index >= 15 is 0 Å². The van der Waals surface area contributed by atoms with E-state index in [0.717, 1.165) is 0 Å². The third-order valence-corrected chi connectivity index (χ3v) is 8.11. The molecule has 0 unspecified atom stereocenters. The van der Waals surface area contributed by atoms with Crippen molar-refractivity contribution in [2.24, 2.45) is 0 Å². The van der Waals surface area contributed by atoms with Gasteiger partial charge in [-0.15, -0.1) is 0 Å². The first-order chi connectivity index (χ1) is 18.5. The van der Waals surface area contributed by atoms with Crippen molar-refractivity contribution in [1.29, 1.82) is 0 Å². The van der Waals surface area contributed by atoms with Crippen LogP contribution in [0.15, 0.2) is 0 Å². The zero-order chi connectivity index (χ0) is 28.4. The zero-order valence-corrected chi connectivity index (χ0v) is 23.5. The van der Waals surface area contributed by atoms with Crippen molar-refractivity contribution in [3.8, 4) is 0 Å². The van der Waals surface area contributed by atoms with E-state index < -0.39 is 92.3 Å². The Bertz CT molecular complexity index is 735. The Labute approximate surface area is 229 Å². The summed E-state index contributed by atoms with van der Waals surface area (Å²) in [6.07, 6.45) is -9.26. The van der Waals surface area contributed by atoms with Gasteiger partial charge in [-0.1, -0.05) is 0 Å². The van der Waals surface area contributed by atoms with Gasteiger partial charge < -0.3 is 63.1 Å². The zero-order valence-electron chi connectivity index (χ0n) is 23.5. The maximum Gasteiger partial charge on any atom is 0.161 e. The Morgan fingerprint density at radius 2 is 0.949 bits per heavy atom. The molecule has 4 heterocycles. The van der Waals surface area contributed by atoms with E-state index in [1.165, 1.54) is 0 Å². The summed E-state index contributed by atoms with van der Waals surface area (Å²) in [5, 5.41) is 40.9. The summed E-state index contributed by atoms with van der Waals surface area (Å²) in [5.41, 5.74) is 0. The van der Waals surface area contributed by atoms with Crippen LogP contribution in [-0.4, -0.2) is 133 Å². The van der Waals surface area contributed by atoms with Crippen molar-refractivity contribution in [2.45, 2.75) is 152 Å². The Hall–Kier alpha value is -0.520. The number of hydrogen-bond donors (Lipinski definition) is 4. The second-order valence-corrected chi connectivity index (χ2v) is 11.0. The number of aliphatic hydroxyl groups is 4. The number of hydrogen-bond acceptors (Lipinski definition) is 13. The number of rotatable bonds is 8. The fourth-order valence-corrected chi connectivity index (χ4v) is 5.90. The van der Waals surface area contributed by atoms with Crippen molar-refractivity contribution in [2.75, 3.05) is 14.2 Å². The third-order valence-electron chi connectivity index (χ3n) is 8.11. The lowest BCUT2D eigenvalue weighted by molar-refractivity contribution is -0.344. The summed E-state index contributed by atoms with van der Waals surface area (Å²) in [5.74, 6) is 0. The molecule has 4 saturated heterocycles. The van der Waals surface area contributed by atoms with Crippen molar-refractivity contribution in [3.63, 3.8) is 0 Å². The number of methoxy groups -OCH3 is 2. The lowest BCUT2D eigenvalue weighted by Gasteiger charge is -2.46. The maximum absolute atomic E-state index is 11.0. The second-order valence-electron chi connectivity index (χ2n) is 11.0. The van der Waals surface area contributed by atoms with Gasteiger partial charge in [0.15, 0.2) is 25.2 Å². The molecule has 0 aromatic heterocycles. The van der Waals surface area contributed by atoms with Crippen LogP contribution in [-0.2, 0) is 42.6 Å². The minimum Gasteiger partial charge on any atom is -0.390 e. The molecule has 16 atom stereocenters. The van der Waals surface area contributed by atoms with Crippen LogP contribution in [0.2, 0.25) is 0 Å². The molecular weight excluding hydrogens is 520 g/mol. The topological polar surface area (TPSA) is 164 Å². The molecular formula is C26H46O13. The van der Waals surface area contributed by atoms with Crippen LogP contribution in [0.25, 0.3) is 0 Å². The van der Waals surface area contributed by atoms with Gasteiger partial charge in [0.1, 0.15) is 24.4 Å². The van der Waals surface area contributed by atoms with Crippen molar-refractivity contribution in [3.05, 3.63) is 0 Å². The van der Waals surface area contributed by atoms with Gasteiger partial charge in [0.25, 0.3) is 0 Å². The molecule has 13 heteroatoms. The van der Waals surface area contributed by atoms with Crippen LogP contribution >= 0.6 is 0 Å². The Morgan fingerprint density at radius 1 is 0.513 bits per heavy atom. The summed E-state index contributed by atoms with van der Waals surface area (Å²) in [6, 6.07) is 0. The summed E-state index contributed by atoms with van der Waals surface area (Å²) < 4.78 is 53.0. The summed E-state index contributed by atoms with van der Waals surface area (Å²) >= 11 is 0. The quantitative estimate of drug-likeness (QED) is 0.305. The highest BCUT2D eigenvalue weighted by Crippen LogP contribution is 2.34. The fraction of sp³-hybridized carbons (Fsp3) is 1.00. The largest absolute Gasteiger partial charge is 0.390 e. The van der Waals surface area contributed by atoms with Crippen LogP contribution in [0.1, 0.15) is 53.4 Å². The van der Waals surface area contributed by atoms with Gasteiger partial charge >= 0.3 is 0 Å². The van der Waals surface area contributed by atoms with E-state index in [1.807, 2.05) is 6.92 Å². The van der Waals surface area contributed by atoms with Crippen molar-refractivity contribution >= 4 is 0 Å². The summed E-state index contributed by atoms with van der Waals surface area (Å²) in [4.78, 5) is 0. The predicted octanol–water partition coefficient (Wildman–Crippen LogP) is -0.213. The molecule has 228 valence electrons. The first-order valence-electron chi connectivity index (χ1n) is 13.9. The Balaban J connectivity index is 1.30. The first-order valence-corrected chi connectivity index (χ1v) is 13.9. The maximum atomic E-state index is 11.0. The highest BCUT2D eigenvalue weighted by atomic mass is 16.7. The molecule has 0 aromatic rings. The van der Waals surface area contributed by atoms with Gasteiger partial charge in [-0.3, -0.25) is 0 Å². The average molecular weight is 567 g/mol. The minimum atomic E-state index is -0.967. The van der Waals surface area contributed by atoms with Gasteiger partial charge in [0.2, 0.25) is 0 Å². The summed E-state index contributed by atoms with van der Waals surface area (Å²) in [6.45, 7) is 7.11. The molecule has 0 saturated carbocycles. The lowest BCUT2D eigenvalue weighted by atomic mass is 9.99. The van der Waals surface area contributed by atoms with Gasteiger partial charge in [-0.25, -0.2) is 0 Å². The summed E-state index contributed by atoms with van der Waals surface area (Å²) in [7, 11) is 3.13. The van der Waals surface area contributed by atoms with E-state index in [-0.39, 0.29) is 25.4 Å². The van der Waals surface area contributed by atoms with Crippen LogP contribution in [0, 0.1) is 0 Å².